The molecule has 3 heterocycles. The highest BCUT2D eigenvalue weighted by atomic mass is 32.1. The Kier molecular flexibility index (Phi) is 6.08. The summed E-state index contributed by atoms with van der Waals surface area (Å²) in [6.45, 7) is 1.22. The lowest BCUT2D eigenvalue weighted by Gasteiger charge is -2.12. The van der Waals surface area contributed by atoms with Crippen LogP contribution < -0.4 is 10.6 Å². The van der Waals surface area contributed by atoms with Gasteiger partial charge in [0, 0.05) is 23.3 Å². The van der Waals surface area contributed by atoms with Crippen molar-refractivity contribution in [1.82, 2.24) is 10.1 Å². The number of esters is 1. The van der Waals surface area contributed by atoms with Gasteiger partial charge in [-0.3, -0.25) is 14.6 Å². The number of fused-ring (bicyclic) bond motifs is 1. The van der Waals surface area contributed by atoms with Gasteiger partial charge in [-0.25, -0.2) is 4.79 Å². The highest BCUT2D eigenvalue weighted by Crippen LogP contribution is 2.38. The summed E-state index contributed by atoms with van der Waals surface area (Å²) in [5.41, 5.74) is 1.59. The van der Waals surface area contributed by atoms with Gasteiger partial charge in [0.05, 0.1) is 11.1 Å². The molecule has 0 unspecified atom stereocenters. The maximum Gasteiger partial charge on any atom is 0.341 e. The average Bonchev–Trinajstić information content (AvgIpc) is 3.35. The zero-order chi connectivity index (χ0) is 21.8. The van der Waals surface area contributed by atoms with E-state index in [0.717, 1.165) is 36.1 Å². The van der Waals surface area contributed by atoms with Gasteiger partial charge in [0.2, 0.25) is 0 Å². The zero-order valence-corrected chi connectivity index (χ0v) is 17.6. The third-order valence-corrected chi connectivity index (χ3v) is 5.96. The van der Waals surface area contributed by atoms with Crippen LogP contribution in [0.1, 0.15) is 49.8 Å². The van der Waals surface area contributed by atoms with E-state index < -0.39 is 18.5 Å². The molecule has 0 bridgehead atoms. The first-order valence-corrected chi connectivity index (χ1v) is 10.6. The summed E-state index contributed by atoms with van der Waals surface area (Å²) in [5, 5.41) is 9.41. The Balaban J connectivity index is 1.49. The molecule has 9 nitrogen and oxygen atoms in total. The Morgan fingerprint density at radius 3 is 2.81 bits per heavy atom. The van der Waals surface area contributed by atoms with E-state index in [-0.39, 0.29) is 11.7 Å². The predicted octanol–water partition coefficient (Wildman–Crippen LogP) is 3.37. The molecule has 0 atom stereocenters. The van der Waals surface area contributed by atoms with Crippen molar-refractivity contribution in [2.24, 2.45) is 0 Å². The first-order chi connectivity index (χ1) is 15.0. The van der Waals surface area contributed by atoms with Crippen molar-refractivity contribution in [3.63, 3.8) is 0 Å². The Morgan fingerprint density at radius 2 is 2.06 bits per heavy atom. The Hall–Kier alpha value is -3.53. The number of aromatic nitrogens is 2. The summed E-state index contributed by atoms with van der Waals surface area (Å²) < 4.78 is 10.1. The fraction of sp³-hybridized carbons (Fsp3) is 0.286. The quantitative estimate of drug-likeness (QED) is 0.563. The molecule has 2 N–H and O–H groups in total. The first kappa shape index (κ1) is 20.7. The molecule has 0 saturated heterocycles. The standard InChI is InChI=1S/C21H20N4O5S/c1-12-9-16(25-30-12)23-17(26)11-29-21(28)18-14-6-2-3-7-15(14)31-20(18)24-19(27)13-5-4-8-22-10-13/h4-5,8-10H,2-3,6-7,11H2,1H3,(H,24,27)(H,23,25,26). The minimum absolute atomic E-state index is 0.246. The van der Waals surface area contributed by atoms with Gasteiger partial charge in [-0.05, 0) is 50.3 Å². The van der Waals surface area contributed by atoms with E-state index in [1.54, 1.807) is 31.3 Å². The van der Waals surface area contributed by atoms with Gasteiger partial charge >= 0.3 is 5.97 Å². The molecule has 160 valence electrons. The van der Waals surface area contributed by atoms with E-state index in [1.165, 1.54) is 17.5 Å². The number of amides is 2. The van der Waals surface area contributed by atoms with Crippen molar-refractivity contribution in [3.05, 3.63) is 57.9 Å². The normalized spacial score (nSPS) is 12.7. The van der Waals surface area contributed by atoms with Crippen molar-refractivity contribution < 1.29 is 23.6 Å². The molecular weight excluding hydrogens is 420 g/mol. The number of anilines is 2. The maximum absolute atomic E-state index is 12.9. The second kappa shape index (κ2) is 9.09. The molecule has 31 heavy (non-hydrogen) atoms. The van der Waals surface area contributed by atoms with Gasteiger partial charge in [0.25, 0.3) is 11.8 Å². The number of carbonyl (C=O) groups excluding carboxylic acids is 3. The Morgan fingerprint density at radius 1 is 1.23 bits per heavy atom. The van der Waals surface area contributed by atoms with E-state index in [4.69, 9.17) is 9.26 Å². The lowest BCUT2D eigenvalue weighted by Crippen LogP contribution is -2.22. The summed E-state index contributed by atoms with van der Waals surface area (Å²) in [5.74, 6) is -0.749. The van der Waals surface area contributed by atoms with Gasteiger partial charge in [-0.1, -0.05) is 5.16 Å². The van der Waals surface area contributed by atoms with E-state index >= 15 is 0 Å². The Labute approximate surface area is 181 Å². The number of thiophene rings is 1. The molecule has 3 aromatic rings. The predicted molar refractivity (Wildman–Crippen MR) is 113 cm³/mol. The summed E-state index contributed by atoms with van der Waals surface area (Å²) in [6, 6.07) is 4.86. The van der Waals surface area contributed by atoms with Crippen LogP contribution in [0.4, 0.5) is 10.8 Å². The van der Waals surface area contributed by atoms with Crippen molar-refractivity contribution in [3.8, 4) is 0 Å². The number of hydrogen-bond donors (Lipinski definition) is 2. The number of rotatable bonds is 6. The fourth-order valence-corrected chi connectivity index (χ4v) is 4.62. The number of nitrogens with one attached hydrogen (secondary N) is 2. The summed E-state index contributed by atoms with van der Waals surface area (Å²) in [4.78, 5) is 42.6. The number of nitrogens with zero attached hydrogens (tertiary/aromatic N) is 2. The number of hydrogen-bond acceptors (Lipinski definition) is 8. The van der Waals surface area contributed by atoms with Gasteiger partial charge in [-0.2, -0.15) is 0 Å². The van der Waals surface area contributed by atoms with Crippen LogP contribution in [0.3, 0.4) is 0 Å². The first-order valence-electron chi connectivity index (χ1n) is 9.77. The van der Waals surface area contributed by atoms with Crippen LogP contribution in [0, 0.1) is 6.92 Å². The molecule has 10 heteroatoms. The van der Waals surface area contributed by atoms with E-state index in [1.807, 2.05) is 0 Å². The molecule has 0 aromatic carbocycles. The van der Waals surface area contributed by atoms with E-state index in [9.17, 15) is 14.4 Å². The maximum atomic E-state index is 12.9. The van der Waals surface area contributed by atoms with Gasteiger partial charge < -0.3 is 19.9 Å². The molecule has 0 spiro atoms. The van der Waals surface area contributed by atoms with Crippen molar-refractivity contribution in [1.29, 1.82) is 0 Å². The van der Waals surface area contributed by atoms with Crippen LogP contribution in [-0.4, -0.2) is 34.5 Å². The van der Waals surface area contributed by atoms with E-state index in [2.05, 4.69) is 20.8 Å². The zero-order valence-electron chi connectivity index (χ0n) is 16.8. The monoisotopic (exact) mass is 440 g/mol. The molecule has 0 saturated carbocycles. The lowest BCUT2D eigenvalue weighted by molar-refractivity contribution is -0.119. The van der Waals surface area contributed by atoms with Gasteiger partial charge in [0.1, 0.15) is 10.8 Å². The molecule has 3 aromatic heterocycles. The second-order valence-electron chi connectivity index (χ2n) is 7.06. The SMILES string of the molecule is Cc1cc(NC(=O)COC(=O)c2c(NC(=O)c3cccnc3)sc3c2CCCC3)no1. The molecule has 0 fully saturated rings. The largest absolute Gasteiger partial charge is 0.452 e. The van der Waals surface area contributed by atoms with Crippen molar-refractivity contribution in [2.75, 3.05) is 17.2 Å². The summed E-state index contributed by atoms with van der Waals surface area (Å²) in [6.07, 6.45) is 6.58. The molecular formula is C21H20N4O5S. The minimum atomic E-state index is -0.646. The second-order valence-corrected chi connectivity index (χ2v) is 8.16. The van der Waals surface area contributed by atoms with Crippen molar-refractivity contribution in [2.45, 2.75) is 32.6 Å². The third kappa shape index (κ3) is 4.80. The molecule has 2 amide bonds. The number of carbonyl (C=O) groups is 3. The molecule has 1 aliphatic rings. The number of aryl methyl sites for hydroxylation is 2. The molecule has 0 radical (unpaired) electrons. The summed E-state index contributed by atoms with van der Waals surface area (Å²) in [7, 11) is 0. The molecule has 0 aliphatic heterocycles. The van der Waals surface area contributed by atoms with Crippen LogP contribution in [0.25, 0.3) is 0 Å². The number of pyridine rings is 1. The van der Waals surface area contributed by atoms with Crippen LogP contribution in [0.5, 0.6) is 0 Å². The van der Waals surface area contributed by atoms with Crippen LogP contribution in [0.2, 0.25) is 0 Å². The third-order valence-electron chi connectivity index (χ3n) is 4.76. The van der Waals surface area contributed by atoms with Gasteiger partial charge in [-0.15, -0.1) is 11.3 Å². The van der Waals surface area contributed by atoms with Gasteiger partial charge in [0.15, 0.2) is 12.4 Å². The average molecular weight is 440 g/mol. The molecule has 4 rings (SSSR count). The topological polar surface area (TPSA) is 123 Å². The lowest BCUT2D eigenvalue weighted by atomic mass is 9.95. The highest BCUT2D eigenvalue weighted by Gasteiger charge is 2.28. The number of ether oxygens (including phenoxy) is 1. The highest BCUT2D eigenvalue weighted by molar-refractivity contribution is 7.17. The summed E-state index contributed by atoms with van der Waals surface area (Å²) >= 11 is 1.38. The van der Waals surface area contributed by atoms with Crippen molar-refractivity contribution >= 4 is 39.9 Å². The van der Waals surface area contributed by atoms with Crippen LogP contribution in [-0.2, 0) is 22.4 Å². The van der Waals surface area contributed by atoms with Crippen LogP contribution >= 0.6 is 11.3 Å². The van der Waals surface area contributed by atoms with Crippen LogP contribution in [0.15, 0.2) is 35.1 Å². The molecule has 1 aliphatic carbocycles. The Bertz CT molecular complexity index is 1120. The minimum Gasteiger partial charge on any atom is -0.452 e. The van der Waals surface area contributed by atoms with E-state index in [0.29, 0.717) is 21.9 Å². The fourth-order valence-electron chi connectivity index (χ4n) is 3.35. The smallest absolute Gasteiger partial charge is 0.341 e.